The number of carbonyl (C=O) groups excluding carboxylic acids is 2. The second-order valence-corrected chi connectivity index (χ2v) is 6.73. The van der Waals surface area contributed by atoms with Gasteiger partial charge in [0.25, 0.3) is 5.91 Å². The first-order chi connectivity index (χ1) is 12.4. The van der Waals surface area contributed by atoms with E-state index >= 15 is 0 Å². The molecule has 0 spiro atoms. The van der Waals surface area contributed by atoms with Gasteiger partial charge in [0.2, 0.25) is 5.91 Å². The highest BCUT2D eigenvalue weighted by Crippen LogP contribution is 2.25. The van der Waals surface area contributed by atoms with E-state index in [1.54, 1.807) is 42.5 Å². The molecule has 0 aliphatic heterocycles. The summed E-state index contributed by atoms with van der Waals surface area (Å²) in [6, 6.07) is 11.9. The fraction of sp³-hybridized carbons (Fsp3) is 0.263. The summed E-state index contributed by atoms with van der Waals surface area (Å²) in [6.07, 6.45) is 0.847. The predicted octanol–water partition coefficient (Wildman–Crippen LogP) is 4.57. The van der Waals surface area contributed by atoms with Crippen molar-refractivity contribution >= 4 is 46.4 Å². The van der Waals surface area contributed by atoms with Crippen molar-refractivity contribution in [3.05, 3.63) is 58.1 Å². The number of benzene rings is 2. The minimum atomic E-state index is -0.263. The van der Waals surface area contributed by atoms with Crippen molar-refractivity contribution in [2.24, 2.45) is 0 Å². The first-order valence-electron chi connectivity index (χ1n) is 8.28. The molecule has 0 saturated heterocycles. The van der Waals surface area contributed by atoms with E-state index in [1.165, 1.54) is 0 Å². The van der Waals surface area contributed by atoms with E-state index in [2.05, 4.69) is 16.0 Å². The molecule has 0 aliphatic rings. The molecule has 0 heterocycles. The Labute approximate surface area is 163 Å². The summed E-state index contributed by atoms with van der Waals surface area (Å²) in [7, 11) is 0. The van der Waals surface area contributed by atoms with Crippen LogP contribution in [-0.4, -0.2) is 24.4 Å². The van der Waals surface area contributed by atoms with E-state index in [0.717, 1.165) is 6.42 Å². The summed E-state index contributed by atoms with van der Waals surface area (Å²) in [4.78, 5) is 24.3. The van der Waals surface area contributed by atoms with Gasteiger partial charge in [0.05, 0.1) is 17.3 Å². The maximum absolute atomic E-state index is 12.2. The van der Waals surface area contributed by atoms with Gasteiger partial charge in [-0.2, -0.15) is 0 Å². The second-order valence-electron chi connectivity index (χ2n) is 5.89. The number of nitrogens with one attached hydrogen (secondary N) is 3. The van der Waals surface area contributed by atoms with Crippen LogP contribution in [0.4, 0.5) is 11.4 Å². The summed E-state index contributed by atoms with van der Waals surface area (Å²) in [5.41, 5.74) is 1.62. The number of amides is 2. The molecule has 2 amide bonds. The van der Waals surface area contributed by atoms with E-state index in [9.17, 15) is 9.59 Å². The van der Waals surface area contributed by atoms with Crippen molar-refractivity contribution in [2.45, 2.75) is 26.3 Å². The average Bonchev–Trinajstić information content (AvgIpc) is 2.62. The smallest absolute Gasteiger partial charge is 0.251 e. The lowest BCUT2D eigenvalue weighted by atomic mass is 10.1. The van der Waals surface area contributed by atoms with Crippen molar-refractivity contribution in [2.75, 3.05) is 17.2 Å². The molecule has 7 heteroatoms. The van der Waals surface area contributed by atoms with Crippen molar-refractivity contribution in [1.29, 1.82) is 0 Å². The summed E-state index contributed by atoms with van der Waals surface area (Å²) >= 11 is 12.0. The van der Waals surface area contributed by atoms with Gasteiger partial charge in [-0.15, -0.1) is 0 Å². The molecular formula is C19H21Cl2N3O2. The summed E-state index contributed by atoms with van der Waals surface area (Å²) in [5, 5.41) is 9.58. The highest BCUT2D eigenvalue weighted by molar-refractivity contribution is 6.35. The standard InChI is InChI=1S/C19H21Cl2N3O2/c1-3-12(2)23-19(26)13-5-4-6-15(9-13)24-18(25)11-22-17-10-14(20)7-8-16(17)21/h4-10,12,22H,3,11H2,1-2H3,(H,23,26)(H,24,25). The van der Waals surface area contributed by atoms with E-state index in [4.69, 9.17) is 23.2 Å². The molecule has 2 aromatic carbocycles. The fourth-order valence-electron chi connectivity index (χ4n) is 2.16. The molecule has 3 N–H and O–H groups in total. The van der Waals surface area contributed by atoms with Crippen LogP contribution >= 0.6 is 23.2 Å². The summed E-state index contributed by atoms with van der Waals surface area (Å²) < 4.78 is 0. The Balaban J connectivity index is 1.95. The van der Waals surface area contributed by atoms with Crippen LogP contribution < -0.4 is 16.0 Å². The van der Waals surface area contributed by atoms with Crippen LogP contribution in [0.1, 0.15) is 30.6 Å². The molecule has 0 bridgehead atoms. The van der Waals surface area contributed by atoms with Gasteiger partial charge in [-0.25, -0.2) is 0 Å². The van der Waals surface area contributed by atoms with Crippen LogP contribution in [0.15, 0.2) is 42.5 Å². The third kappa shape index (κ3) is 5.93. The molecule has 0 aromatic heterocycles. The zero-order valence-electron chi connectivity index (χ0n) is 14.6. The number of halogens is 2. The molecular weight excluding hydrogens is 373 g/mol. The normalized spacial score (nSPS) is 11.5. The van der Waals surface area contributed by atoms with Crippen LogP contribution in [0.2, 0.25) is 10.0 Å². The van der Waals surface area contributed by atoms with Gasteiger partial charge in [0.15, 0.2) is 0 Å². The third-order valence-electron chi connectivity index (χ3n) is 3.77. The van der Waals surface area contributed by atoms with Crippen LogP contribution in [0.3, 0.4) is 0 Å². The molecule has 0 saturated carbocycles. The molecule has 26 heavy (non-hydrogen) atoms. The first kappa shape index (κ1) is 20.1. The number of rotatable bonds is 7. The van der Waals surface area contributed by atoms with Crippen LogP contribution in [0, 0.1) is 0 Å². The fourth-order valence-corrected chi connectivity index (χ4v) is 2.52. The lowest BCUT2D eigenvalue weighted by molar-refractivity contribution is -0.114. The van der Waals surface area contributed by atoms with Crippen LogP contribution in [0.5, 0.6) is 0 Å². The largest absolute Gasteiger partial charge is 0.375 e. The topological polar surface area (TPSA) is 70.2 Å². The van der Waals surface area contributed by atoms with Gasteiger partial charge < -0.3 is 16.0 Å². The van der Waals surface area contributed by atoms with E-state index in [-0.39, 0.29) is 24.4 Å². The molecule has 2 aromatic rings. The minimum Gasteiger partial charge on any atom is -0.375 e. The van der Waals surface area contributed by atoms with Crippen molar-refractivity contribution in [3.63, 3.8) is 0 Å². The predicted molar refractivity (Wildman–Crippen MR) is 107 cm³/mol. The van der Waals surface area contributed by atoms with Gasteiger partial charge in [-0.3, -0.25) is 9.59 Å². The zero-order chi connectivity index (χ0) is 19.1. The Bertz CT molecular complexity index is 796. The van der Waals surface area contributed by atoms with Crippen molar-refractivity contribution < 1.29 is 9.59 Å². The Morgan fingerprint density at radius 3 is 2.62 bits per heavy atom. The Hall–Kier alpha value is -2.24. The number of carbonyl (C=O) groups is 2. The SMILES string of the molecule is CCC(C)NC(=O)c1cccc(NC(=O)CNc2cc(Cl)ccc2Cl)c1. The Kier molecular flexibility index (Phi) is 7.30. The zero-order valence-corrected chi connectivity index (χ0v) is 16.1. The van der Waals surface area contributed by atoms with E-state index in [1.807, 2.05) is 13.8 Å². The molecule has 1 unspecified atom stereocenters. The maximum Gasteiger partial charge on any atom is 0.251 e. The average molecular weight is 394 g/mol. The van der Waals surface area contributed by atoms with Crippen LogP contribution in [-0.2, 0) is 4.79 Å². The monoisotopic (exact) mass is 393 g/mol. The molecule has 1 atom stereocenters. The summed E-state index contributed by atoms with van der Waals surface area (Å²) in [6.45, 7) is 3.96. The lowest BCUT2D eigenvalue weighted by Crippen LogP contribution is -2.32. The molecule has 5 nitrogen and oxygen atoms in total. The van der Waals surface area contributed by atoms with E-state index in [0.29, 0.717) is 27.0 Å². The molecule has 138 valence electrons. The maximum atomic E-state index is 12.2. The van der Waals surface area contributed by atoms with Crippen molar-refractivity contribution in [3.8, 4) is 0 Å². The minimum absolute atomic E-state index is 0.0172. The molecule has 0 radical (unpaired) electrons. The Morgan fingerprint density at radius 1 is 1.12 bits per heavy atom. The quantitative estimate of drug-likeness (QED) is 0.644. The number of hydrogen-bond donors (Lipinski definition) is 3. The van der Waals surface area contributed by atoms with E-state index < -0.39 is 0 Å². The van der Waals surface area contributed by atoms with Crippen LogP contribution in [0.25, 0.3) is 0 Å². The number of hydrogen-bond acceptors (Lipinski definition) is 3. The number of anilines is 2. The van der Waals surface area contributed by atoms with Gasteiger partial charge in [-0.05, 0) is 49.7 Å². The first-order valence-corrected chi connectivity index (χ1v) is 9.04. The highest BCUT2D eigenvalue weighted by Gasteiger charge is 2.10. The molecule has 0 aliphatic carbocycles. The van der Waals surface area contributed by atoms with Gasteiger partial charge >= 0.3 is 0 Å². The lowest BCUT2D eigenvalue weighted by Gasteiger charge is -2.13. The molecule has 2 rings (SSSR count). The third-order valence-corrected chi connectivity index (χ3v) is 4.33. The summed E-state index contributed by atoms with van der Waals surface area (Å²) in [5.74, 6) is -0.431. The second kappa shape index (κ2) is 9.46. The van der Waals surface area contributed by atoms with Gasteiger partial charge in [-0.1, -0.05) is 36.2 Å². The van der Waals surface area contributed by atoms with Gasteiger partial charge in [0.1, 0.15) is 0 Å². The van der Waals surface area contributed by atoms with Crippen molar-refractivity contribution in [1.82, 2.24) is 5.32 Å². The van der Waals surface area contributed by atoms with Gasteiger partial charge in [0, 0.05) is 22.3 Å². The highest BCUT2D eigenvalue weighted by atomic mass is 35.5. The molecule has 0 fully saturated rings. The Morgan fingerprint density at radius 2 is 1.88 bits per heavy atom.